The van der Waals surface area contributed by atoms with Gasteiger partial charge in [-0.1, -0.05) is 11.2 Å². The second-order valence-electron chi connectivity index (χ2n) is 4.03. The van der Waals surface area contributed by atoms with Crippen LogP contribution in [0.1, 0.15) is 12.5 Å². The minimum absolute atomic E-state index is 0.0436. The highest BCUT2D eigenvalue weighted by Crippen LogP contribution is 2.56. The number of rotatable bonds is 6. The fourth-order valence-electron chi connectivity index (χ4n) is 1.68. The molecule has 1 aromatic rings. The van der Waals surface area contributed by atoms with Crippen molar-refractivity contribution in [1.82, 2.24) is 0 Å². The summed E-state index contributed by atoms with van der Waals surface area (Å²) in [6.45, 7) is -1.18. The molecule has 0 saturated carbocycles. The number of allylic oxidation sites excluding steroid dienone is 2. The van der Waals surface area contributed by atoms with Crippen LogP contribution in [0.2, 0.25) is 0 Å². The first-order chi connectivity index (χ1) is 9.91. The highest BCUT2D eigenvalue weighted by Gasteiger charge is 2.19. The molecule has 0 amide bonds. The maximum absolute atomic E-state index is 10.6. The Morgan fingerprint density at radius 3 is 2.67 bits per heavy atom. The van der Waals surface area contributed by atoms with Crippen LogP contribution in [-0.4, -0.2) is 16.4 Å². The first kappa shape index (κ1) is 16.4. The Morgan fingerprint density at radius 1 is 1.43 bits per heavy atom. The van der Waals surface area contributed by atoms with Gasteiger partial charge in [-0.05, 0) is 58.9 Å². The summed E-state index contributed by atoms with van der Waals surface area (Å²) in [6, 6.07) is 6.24. The van der Waals surface area contributed by atoms with Crippen molar-refractivity contribution in [1.29, 1.82) is 0 Å². The summed E-state index contributed by atoms with van der Waals surface area (Å²) in [4.78, 5) is 20.0. The van der Waals surface area contributed by atoms with Gasteiger partial charge >= 0.3 is 6.72 Å². The Labute approximate surface area is 130 Å². The van der Waals surface area contributed by atoms with Crippen molar-refractivity contribution in [2.24, 2.45) is 0 Å². The lowest BCUT2D eigenvalue weighted by molar-refractivity contribution is -0.384. The first-order valence-electron chi connectivity index (χ1n) is 6.01. The average Bonchev–Trinajstić information content (AvgIpc) is 2.86. The molecule has 1 aliphatic heterocycles. The molecule has 0 bridgehead atoms. The van der Waals surface area contributed by atoms with Crippen molar-refractivity contribution in [3.05, 3.63) is 56.8 Å². The van der Waals surface area contributed by atoms with E-state index >= 15 is 0 Å². The average molecular weight is 347 g/mol. The summed E-state index contributed by atoms with van der Waals surface area (Å²) >= 11 is 3.75. The zero-order valence-electron chi connectivity index (χ0n) is 11.1. The van der Waals surface area contributed by atoms with E-state index in [2.05, 4.69) is 0 Å². The van der Waals surface area contributed by atoms with Crippen molar-refractivity contribution in [2.75, 3.05) is 6.61 Å². The molecule has 1 heterocycles. The molecule has 1 aromatic carbocycles. The molecule has 1 N–H and O–H groups in total. The van der Waals surface area contributed by atoms with E-state index in [0.29, 0.717) is 6.61 Å². The third-order valence-corrected chi connectivity index (χ3v) is 6.62. The van der Waals surface area contributed by atoms with Gasteiger partial charge in [0.2, 0.25) is 0 Å². The summed E-state index contributed by atoms with van der Waals surface area (Å²) < 4.78 is 10.4. The molecule has 0 aliphatic carbocycles. The zero-order valence-corrected chi connectivity index (χ0v) is 13.7. The van der Waals surface area contributed by atoms with Gasteiger partial charge in [-0.3, -0.25) is 14.1 Å². The minimum atomic E-state index is -3.20. The molecule has 2 atom stereocenters. The van der Waals surface area contributed by atoms with E-state index in [-0.39, 0.29) is 5.69 Å². The van der Waals surface area contributed by atoms with Crippen LogP contribution in [0.15, 0.2) is 41.2 Å². The first-order valence-corrected chi connectivity index (χ1v) is 10.0. The van der Waals surface area contributed by atoms with E-state index in [1.165, 1.54) is 12.1 Å². The number of benzene rings is 1. The molecule has 0 aromatic heterocycles. The fraction of sp³-hybridized carbons (Fsp3) is 0.167. The van der Waals surface area contributed by atoms with Gasteiger partial charge in [-0.25, -0.2) is 0 Å². The molecular formula is C12H14NO5PS2. The maximum atomic E-state index is 10.6. The number of thiol groups is 1. The van der Waals surface area contributed by atoms with Crippen molar-refractivity contribution >= 4 is 41.0 Å². The monoisotopic (exact) mass is 347 g/mol. The molecule has 0 radical (unpaired) electrons. The third kappa shape index (κ3) is 4.47. The van der Waals surface area contributed by atoms with Crippen molar-refractivity contribution in [3.8, 4) is 0 Å². The Bertz CT molecular complexity index is 644. The van der Waals surface area contributed by atoms with E-state index in [4.69, 9.17) is 20.3 Å². The van der Waals surface area contributed by atoms with E-state index in [1.54, 1.807) is 19.1 Å². The third-order valence-electron chi connectivity index (χ3n) is 2.57. The molecule has 21 heavy (non-hydrogen) atoms. The van der Waals surface area contributed by atoms with Gasteiger partial charge in [-0.15, -0.1) is 0 Å². The number of nitro groups is 1. The number of non-ortho nitro benzene ring substituents is 1. The van der Waals surface area contributed by atoms with Gasteiger partial charge < -0.3 is 9.42 Å². The molecule has 114 valence electrons. The summed E-state index contributed by atoms with van der Waals surface area (Å²) in [5.74, 6) is 0. The van der Waals surface area contributed by atoms with Crippen LogP contribution >= 0.6 is 17.9 Å². The number of nitro benzene ring substituents is 1. The smallest absolute Gasteiger partial charge is 0.324 e. The number of hydrogen-bond acceptors (Lipinski definition) is 5. The number of hydrogen-bond donors (Lipinski definition) is 2. The van der Waals surface area contributed by atoms with Crippen molar-refractivity contribution in [3.63, 3.8) is 0 Å². The Balaban J connectivity index is 2.09. The Hall–Kier alpha value is -1.02. The Morgan fingerprint density at radius 2 is 2.10 bits per heavy atom. The predicted molar refractivity (Wildman–Crippen MR) is 88.4 cm³/mol. The topological polar surface area (TPSA) is 81.8 Å². The highest BCUT2D eigenvalue weighted by atomic mass is 32.5. The van der Waals surface area contributed by atoms with Crippen LogP contribution in [-0.2, 0) is 20.3 Å². The van der Waals surface area contributed by atoms with Crippen molar-refractivity contribution < 1.29 is 18.3 Å². The van der Waals surface area contributed by atoms with Crippen LogP contribution in [0.25, 0.3) is 5.57 Å². The van der Waals surface area contributed by atoms with Gasteiger partial charge in [0.05, 0.1) is 11.5 Å². The minimum Gasteiger partial charge on any atom is -0.324 e. The molecule has 0 fully saturated rings. The highest BCUT2D eigenvalue weighted by molar-refractivity contribution is 8.23. The largest absolute Gasteiger partial charge is 0.334 e. The predicted octanol–water partition coefficient (Wildman–Crippen LogP) is 3.65. The van der Waals surface area contributed by atoms with Gasteiger partial charge in [-0.2, -0.15) is 0 Å². The van der Waals surface area contributed by atoms with Gasteiger partial charge in [0.25, 0.3) is 5.69 Å². The molecule has 0 spiro atoms. The summed E-state index contributed by atoms with van der Waals surface area (Å²) in [5.41, 5.74) is 1.76. The molecule has 2 unspecified atom stereocenters. The van der Waals surface area contributed by atoms with E-state index < -0.39 is 22.8 Å². The Kier molecular flexibility index (Phi) is 5.32. The van der Waals surface area contributed by atoms with Crippen molar-refractivity contribution in [2.45, 2.75) is 6.92 Å². The standard InChI is InChI=1S/C12H14NO5PS2/c1-2-17-19(16,20)18-21-8-7-11(9-21)10-3-5-12(6-4-10)13(14)15/h3-9,21H,2H2,1H3,(H,16,20). The van der Waals surface area contributed by atoms with E-state index in [9.17, 15) is 15.0 Å². The van der Waals surface area contributed by atoms with Crippen LogP contribution in [0.3, 0.4) is 0 Å². The molecule has 9 heteroatoms. The molecule has 2 rings (SSSR count). The van der Waals surface area contributed by atoms with Crippen LogP contribution < -0.4 is 0 Å². The van der Waals surface area contributed by atoms with Crippen LogP contribution in [0.5, 0.6) is 0 Å². The van der Waals surface area contributed by atoms with Crippen LogP contribution in [0.4, 0.5) is 5.69 Å². The second-order valence-corrected chi connectivity index (χ2v) is 8.54. The summed E-state index contributed by atoms with van der Waals surface area (Å²) in [5, 5.41) is 14.3. The SMILES string of the molecule is CCOP(O)(=S)O[SH]1C=CC(c2ccc([N+](=O)[O-])cc2)=C1. The van der Waals surface area contributed by atoms with Crippen LogP contribution in [0, 0.1) is 10.1 Å². The molecule has 6 nitrogen and oxygen atoms in total. The zero-order chi connectivity index (χ0) is 15.5. The molecular weight excluding hydrogens is 333 g/mol. The fourth-order valence-corrected chi connectivity index (χ4v) is 5.47. The second kappa shape index (κ2) is 6.83. The normalized spacial score (nSPS) is 21.8. The van der Waals surface area contributed by atoms with Gasteiger partial charge in [0.1, 0.15) is 0 Å². The van der Waals surface area contributed by atoms with Gasteiger partial charge in [0, 0.05) is 12.1 Å². The van der Waals surface area contributed by atoms with E-state index in [0.717, 1.165) is 11.1 Å². The van der Waals surface area contributed by atoms with E-state index in [1.807, 2.05) is 16.9 Å². The number of nitrogens with zero attached hydrogens (tertiary/aromatic N) is 1. The lowest BCUT2D eigenvalue weighted by Gasteiger charge is -2.19. The molecule has 1 aliphatic rings. The lowest BCUT2D eigenvalue weighted by atomic mass is 10.1. The molecule has 0 saturated heterocycles. The maximum Gasteiger partial charge on any atom is 0.334 e. The lowest BCUT2D eigenvalue weighted by Crippen LogP contribution is -1.90. The summed E-state index contributed by atoms with van der Waals surface area (Å²) in [7, 11) is 0. The summed E-state index contributed by atoms with van der Waals surface area (Å²) in [6.07, 6.45) is 1.84. The van der Waals surface area contributed by atoms with Gasteiger partial charge in [0.15, 0.2) is 0 Å². The quantitative estimate of drug-likeness (QED) is 0.354.